The van der Waals surface area contributed by atoms with Crippen molar-refractivity contribution >= 4 is 0 Å². The standard InChI is InChI=1S/C40H50N2O3/c43-34-20-19-32-25-35-40(44)22-21-33(38-39(40,36(32)37(34)45-38)23-24-42(35)27-31-17-18-31)41-26-30(16-15-29-11-5-2-6-12-29)14-8-7-13-28-9-3-1-4-10-28/h1-6,9-12,19-20,30-31,33,35,38,41,43-44H,7-8,13-18,21-27H2/t30?,33?,35-,38?,39+,40-/m1/s1. The highest BCUT2D eigenvalue weighted by atomic mass is 16.5. The normalized spacial score (nSPS) is 30.5. The topological polar surface area (TPSA) is 65.0 Å². The average Bonchev–Trinajstić information content (AvgIpc) is 3.81. The van der Waals surface area contributed by atoms with Crippen LogP contribution >= 0.6 is 0 Å². The Balaban J connectivity index is 1.00. The Kier molecular flexibility index (Phi) is 7.92. The number of rotatable bonds is 13. The van der Waals surface area contributed by atoms with Crippen molar-refractivity contribution in [3.05, 3.63) is 95.1 Å². The molecule has 3 fully saturated rings. The van der Waals surface area contributed by atoms with Crippen molar-refractivity contribution in [3.63, 3.8) is 0 Å². The molecular formula is C40H50N2O3. The average molecular weight is 607 g/mol. The first-order valence-electron chi connectivity index (χ1n) is 17.8. The first-order chi connectivity index (χ1) is 22.0. The molecule has 3 N–H and O–H groups in total. The van der Waals surface area contributed by atoms with Crippen LogP contribution in [0.5, 0.6) is 11.5 Å². The number of benzene rings is 3. The lowest BCUT2D eigenvalue weighted by molar-refractivity contribution is -0.191. The zero-order valence-electron chi connectivity index (χ0n) is 26.7. The number of aromatic hydroxyl groups is 1. The number of nitrogens with one attached hydrogen (secondary N) is 1. The van der Waals surface area contributed by atoms with Crippen molar-refractivity contribution in [2.45, 2.75) is 106 Å². The van der Waals surface area contributed by atoms with Crippen LogP contribution in [0, 0.1) is 11.8 Å². The highest BCUT2D eigenvalue weighted by molar-refractivity contribution is 5.62. The van der Waals surface area contributed by atoms with Gasteiger partial charge in [-0.05, 0) is 118 Å². The molecule has 238 valence electrons. The van der Waals surface area contributed by atoms with E-state index < -0.39 is 11.0 Å². The van der Waals surface area contributed by atoms with Crippen LogP contribution in [0.15, 0.2) is 72.8 Å². The number of phenols is 1. The van der Waals surface area contributed by atoms with Crippen molar-refractivity contribution < 1.29 is 14.9 Å². The molecule has 0 amide bonds. The van der Waals surface area contributed by atoms with E-state index in [9.17, 15) is 10.2 Å². The molecule has 5 nitrogen and oxygen atoms in total. The summed E-state index contributed by atoms with van der Waals surface area (Å²) in [5.41, 5.74) is 3.98. The fourth-order valence-corrected chi connectivity index (χ4v) is 9.78. The smallest absolute Gasteiger partial charge is 0.165 e. The van der Waals surface area contributed by atoms with Crippen LogP contribution in [0.4, 0.5) is 0 Å². The third-order valence-corrected chi connectivity index (χ3v) is 12.3. The van der Waals surface area contributed by atoms with E-state index in [1.807, 2.05) is 6.07 Å². The Morgan fingerprint density at radius 3 is 2.38 bits per heavy atom. The molecule has 1 saturated heterocycles. The van der Waals surface area contributed by atoms with Gasteiger partial charge in [0.1, 0.15) is 6.10 Å². The zero-order valence-corrected chi connectivity index (χ0v) is 26.7. The summed E-state index contributed by atoms with van der Waals surface area (Å²) in [6, 6.07) is 26.0. The predicted molar refractivity (Wildman–Crippen MR) is 179 cm³/mol. The van der Waals surface area contributed by atoms with Crippen LogP contribution in [-0.2, 0) is 24.7 Å². The van der Waals surface area contributed by atoms with Gasteiger partial charge < -0.3 is 20.3 Å². The van der Waals surface area contributed by atoms with Gasteiger partial charge in [-0.25, -0.2) is 0 Å². The van der Waals surface area contributed by atoms with Crippen molar-refractivity contribution in [3.8, 4) is 11.5 Å². The van der Waals surface area contributed by atoms with Gasteiger partial charge in [0.25, 0.3) is 0 Å². The number of aliphatic hydroxyl groups is 1. The van der Waals surface area contributed by atoms with Gasteiger partial charge in [0, 0.05) is 24.2 Å². The maximum Gasteiger partial charge on any atom is 0.165 e. The number of unbranched alkanes of at least 4 members (excludes halogenated alkanes) is 1. The predicted octanol–water partition coefficient (Wildman–Crippen LogP) is 6.58. The summed E-state index contributed by atoms with van der Waals surface area (Å²) in [4.78, 5) is 2.62. The van der Waals surface area contributed by atoms with E-state index >= 15 is 0 Å². The van der Waals surface area contributed by atoms with Crippen molar-refractivity contribution in [2.24, 2.45) is 11.8 Å². The van der Waals surface area contributed by atoms with Crippen molar-refractivity contribution in [2.75, 3.05) is 19.6 Å². The fourth-order valence-electron chi connectivity index (χ4n) is 9.78. The van der Waals surface area contributed by atoms with E-state index in [1.54, 1.807) is 0 Å². The van der Waals surface area contributed by atoms with Crippen LogP contribution in [0.2, 0.25) is 0 Å². The molecule has 2 heterocycles. The first kappa shape index (κ1) is 29.5. The molecular weight excluding hydrogens is 556 g/mol. The molecule has 0 aromatic heterocycles. The largest absolute Gasteiger partial charge is 0.504 e. The lowest BCUT2D eigenvalue weighted by Crippen LogP contribution is -2.78. The second-order valence-electron chi connectivity index (χ2n) is 15.0. The highest BCUT2D eigenvalue weighted by Crippen LogP contribution is 2.65. The Morgan fingerprint density at radius 2 is 1.62 bits per heavy atom. The van der Waals surface area contributed by atoms with E-state index in [4.69, 9.17) is 4.74 Å². The van der Waals surface area contributed by atoms with E-state index in [2.05, 4.69) is 76.9 Å². The van der Waals surface area contributed by atoms with Gasteiger partial charge in [0.2, 0.25) is 0 Å². The molecule has 5 aliphatic rings. The van der Waals surface area contributed by atoms with E-state index in [-0.39, 0.29) is 23.9 Å². The molecule has 3 aromatic carbocycles. The van der Waals surface area contributed by atoms with Gasteiger partial charge >= 0.3 is 0 Å². The summed E-state index contributed by atoms with van der Waals surface area (Å²) in [6.45, 7) is 3.08. The molecule has 3 aromatic rings. The minimum Gasteiger partial charge on any atom is -0.504 e. The van der Waals surface area contributed by atoms with Gasteiger partial charge in [-0.15, -0.1) is 0 Å². The quantitative estimate of drug-likeness (QED) is 0.192. The van der Waals surface area contributed by atoms with Gasteiger partial charge in [-0.2, -0.15) is 0 Å². The van der Waals surface area contributed by atoms with Gasteiger partial charge in [-0.1, -0.05) is 73.2 Å². The maximum absolute atomic E-state index is 12.8. The Morgan fingerprint density at radius 1 is 0.867 bits per heavy atom. The van der Waals surface area contributed by atoms with Crippen LogP contribution in [0.1, 0.15) is 80.0 Å². The number of ether oxygens (including phenoxy) is 1. The minimum atomic E-state index is -0.820. The molecule has 45 heavy (non-hydrogen) atoms. The third-order valence-electron chi connectivity index (χ3n) is 12.3. The molecule has 3 unspecified atom stereocenters. The van der Waals surface area contributed by atoms with E-state index in [0.29, 0.717) is 11.7 Å². The minimum absolute atomic E-state index is 0.130. The Labute approximate surface area is 269 Å². The molecule has 8 rings (SSSR count). The molecule has 2 aliphatic heterocycles. The fraction of sp³-hybridized carbons (Fsp3) is 0.550. The summed E-state index contributed by atoms with van der Waals surface area (Å²) in [6.07, 6.45) is 13.0. The van der Waals surface area contributed by atoms with E-state index in [1.165, 1.54) is 55.2 Å². The van der Waals surface area contributed by atoms with Crippen LogP contribution in [0.25, 0.3) is 0 Å². The number of hydrogen-bond donors (Lipinski definition) is 3. The zero-order chi connectivity index (χ0) is 30.4. The number of nitrogens with zero attached hydrogens (tertiary/aromatic N) is 1. The summed E-state index contributed by atoms with van der Waals surface area (Å²) in [5.74, 6) is 2.26. The Bertz CT molecular complexity index is 1480. The molecule has 1 spiro atoms. The number of piperidine rings is 1. The maximum atomic E-state index is 12.8. The summed E-state index contributed by atoms with van der Waals surface area (Å²) < 4.78 is 6.83. The number of phenolic OH excluding ortho intramolecular Hbond substituents is 1. The third kappa shape index (κ3) is 5.29. The van der Waals surface area contributed by atoms with Crippen molar-refractivity contribution in [1.82, 2.24) is 10.2 Å². The number of aryl methyl sites for hydroxylation is 2. The number of hydrogen-bond acceptors (Lipinski definition) is 5. The summed E-state index contributed by atoms with van der Waals surface area (Å²) in [7, 11) is 0. The van der Waals surface area contributed by atoms with Gasteiger partial charge in [0.05, 0.1) is 11.0 Å². The molecule has 2 bridgehead atoms. The lowest BCUT2D eigenvalue weighted by atomic mass is 9.48. The van der Waals surface area contributed by atoms with Gasteiger partial charge in [0.15, 0.2) is 11.5 Å². The first-order valence-corrected chi connectivity index (χ1v) is 17.8. The summed E-state index contributed by atoms with van der Waals surface area (Å²) in [5, 5.41) is 27.9. The molecule has 5 heteroatoms. The van der Waals surface area contributed by atoms with Gasteiger partial charge in [-0.3, -0.25) is 4.90 Å². The van der Waals surface area contributed by atoms with Crippen molar-refractivity contribution in [1.29, 1.82) is 0 Å². The number of likely N-dealkylation sites (tertiary alicyclic amines) is 1. The molecule has 0 radical (unpaired) electrons. The molecule has 2 saturated carbocycles. The van der Waals surface area contributed by atoms with Crippen LogP contribution in [0.3, 0.4) is 0 Å². The summed E-state index contributed by atoms with van der Waals surface area (Å²) >= 11 is 0. The second-order valence-corrected chi connectivity index (χ2v) is 15.0. The SMILES string of the molecule is Oc1ccc2c3c1OC1C(NCC(CCCCc4ccccc4)CCc4ccccc4)CC[C@@]4(O)[C@@H](C2)N(CC2CC2)CC[C@]314. The van der Waals surface area contributed by atoms with Crippen LogP contribution < -0.4 is 10.1 Å². The molecule has 6 atom stereocenters. The second kappa shape index (κ2) is 12.1. The van der Waals surface area contributed by atoms with E-state index in [0.717, 1.165) is 69.6 Å². The molecule has 3 aliphatic carbocycles. The highest BCUT2D eigenvalue weighted by Gasteiger charge is 2.72. The lowest BCUT2D eigenvalue weighted by Gasteiger charge is -2.64. The van der Waals surface area contributed by atoms with Crippen LogP contribution in [-0.4, -0.2) is 58.5 Å². The monoisotopic (exact) mass is 606 g/mol. The Hall–Kier alpha value is -2.86.